The van der Waals surface area contributed by atoms with E-state index in [4.69, 9.17) is 33.8 Å². The summed E-state index contributed by atoms with van der Waals surface area (Å²) in [6.07, 6.45) is -6.57. The normalized spacial score (nSPS) is 15.5. The number of hydrogen-bond donors (Lipinski definition) is 3. The highest BCUT2D eigenvalue weighted by atomic mass is 35.5. The molecule has 0 aliphatic heterocycles. The summed E-state index contributed by atoms with van der Waals surface area (Å²) >= 11 is 11.8. The summed E-state index contributed by atoms with van der Waals surface area (Å²) in [5.41, 5.74) is -1.33. The van der Waals surface area contributed by atoms with Crippen LogP contribution in [-0.4, -0.2) is 27.1 Å². The summed E-state index contributed by atoms with van der Waals surface area (Å²) in [4.78, 5) is 24.9. The van der Waals surface area contributed by atoms with Crippen molar-refractivity contribution in [3.05, 3.63) is 33.4 Å². The predicted molar refractivity (Wildman–Crippen MR) is 71.2 cm³/mol. The van der Waals surface area contributed by atoms with Gasteiger partial charge in [0.05, 0.1) is 5.02 Å². The van der Waals surface area contributed by atoms with Crippen LogP contribution in [0.2, 0.25) is 10.0 Å². The number of aliphatic carboxylic acids is 1. The molecule has 1 heterocycles. The van der Waals surface area contributed by atoms with Gasteiger partial charge in [0, 0.05) is 27.8 Å². The number of carboxylic acid groups (broad SMARTS) is 2. The first kappa shape index (κ1) is 9.23. The van der Waals surface area contributed by atoms with Gasteiger partial charge < -0.3 is 15.2 Å². The number of H-pyrrole nitrogens is 1. The molecule has 100 valence electrons. The van der Waals surface area contributed by atoms with Gasteiger partial charge in [0.25, 0.3) is 0 Å². The van der Waals surface area contributed by atoms with Crippen molar-refractivity contribution >= 4 is 46.0 Å². The summed E-state index contributed by atoms with van der Waals surface area (Å²) in [6, 6.07) is 2.51. The minimum atomic E-state index is -3.39. The molecule has 5 nitrogen and oxygen atoms in total. The second-order valence-corrected chi connectivity index (χ2v) is 4.39. The van der Waals surface area contributed by atoms with E-state index in [1.807, 2.05) is 0 Å². The standard InChI is InChI=1S/C12H9Cl2NO4/c13-5-3-7(14)10-6(1-2-9(16)17)11(12(18)19)15-8(10)4-5/h3-4,15H,1-2H2,(H,16,17)(H,18,19)/i1T2,2T2. The molecule has 0 radical (unpaired) electrons. The molecule has 0 saturated heterocycles. The maximum atomic E-state index is 11.4. The van der Waals surface area contributed by atoms with E-state index in [2.05, 4.69) is 4.98 Å². The molecule has 0 saturated carbocycles. The lowest BCUT2D eigenvalue weighted by molar-refractivity contribution is -0.136. The van der Waals surface area contributed by atoms with Gasteiger partial charge in [-0.3, -0.25) is 4.79 Å². The van der Waals surface area contributed by atoms with E-state index in [1.165, 1.54) is 12.1 Å². The molecule has 7 heteroatoms. The van der Waals surface area contributed by atoms with Gasteiger partial charge in [-0.25, -0.2) is 4.79 Å². The molecule has 0 atom stereocenters. The van der Waals surface area contributed by atoms with Crippen LogP contribution >= 0.6 is 23.2 Å². The largest absolute Gasteiger partial charge is 0.481 e. The van der Waals surface area contributed by atoms with Crippen molar-refractivity contribution in [2.75, 3.05) is 0 Å². The second-order valence-electron chi connectivity index (χ2n) is 3.55. The van der Waals surface area contributed by atoms with Crippen molar-refractivity contribution in [1.29, 1.82) is 0 Å². The molecule has 0 bridgehead atoms. The Kier molecular flexibility index (Phi) is 2.48. The maximum Gasteiger partial charge on any atom is 0.352 e. The van der Waals surface area contributed by atoms with E-state index in [0.717, 1.165) is 0 Å². The Balaban J connectivity index is 2.95. The van der Waals surface area contributed by atoms with E-state index in [0.29, 0.717) is 0 Å². The van der Waals surface area contributed by atoms with Crippen LogP contribution in [0.3, 0.4) is 0 Å². The van der Waals surface area contributed by atoms with E-state index in [-0.39, 0.29) is 20.9 Å². The molecule has 2 aromatic rings. The zero-order chi connectivity index (χ0) is 17.7. The molecule has 0 fully saturated rings. The van der Waals surface area contributed by atoms with Crippen molar-refractivity contribution in [2.45, 2.75) is 12.7 Å². The Bertz CT molecular complexity index is 834. The molecule has 0 aliphatic carbocycles. The number of aryl methyl sites for hydroxylation is 1. The Morgan fingerprint density at radius 1 is 1.32 bits per heavy atom. The highest BCUT2D eigenvalue weighted by molar-refractivity contribution is 6.39. The number of aromatic amines is 1. The zero-order valence-corrected chi connectivity index (χ0v) is 10.6. The SMILES string of the molecule is [3H]C([3H])(C(=O)O)C([3H])([3H])c1c(C(=O)O)[nH]c2cc(Cl)cc(Cl)c12. The summed E-state index contributed by atoms with van der Waals surface area (Å²) in [7, 11) is 0. The van der Waals surface area contributed by atoms with Crippen LogP contribution in [-0.2, 0) is 11.2 Å². The van der Waals surface area contributed by atoms with Gasteiger partial charge in [-0.05, 0) is 24.1 Å². The van der Waals surface area contributed by atoms with Gasteiger partial charge in [0.1, 0.15) is 5.69 Å². The fourth-order valence-corrected chi connectivity index (χ4v) is 2.24. The second kappa shape index (κ2) is 5.11. The average Bonchev–Trinajstić information content (AvgIpc) is 2.78. The van der Waals surface area contributed by atoms with Crippen molar-refractivity contribution < 1.29 is 25.3 Å². The number of benzene rings is 1. The molecular formula is C12H9Cl2NO4. The van der Waals surface area contributed by atoms with Crippen LogP contribution < -0.4 is 0 Å². The molecule has 2 rings (SSSR count). The molecule has 19 heavy (non-hydrogen) atoms. The fourth-order valence-electron chi connectivity index (χ4n) is 1.65. The third kappa shape index (κ3) is 2.67. The zero-order valence-electron chi connectivity index (χ0n) is 13.1. The molecular weight excluding hydrogens is 293 g/mol. The van der Waals surface area contributed by atoms with Crippen molar-refractivity contribution in [3.63, 3.8) is 0 Å². The van der Waals surface area contributed by atoms with E-state index in [1.54, 1.807) is 0 Å². The number of carboxylic acids is 2. The molecule has 0 aliphatic rings. The smallest absolute Gasteiger partial charge is 0.352 e. The summed E-state index contributed by atoms with van der Waals surface area (Å²) < 4.78 is 30.8. The van der Waals surface area contributed by atoms with Crippen LogP contribution in [0.5, 0.6) is 0 Å². The third-order valence-corrected chi connectivity index (χ3v) is 2.84. The highest BCUT2D eigenvalue weighted by Crippen LogP contribution is 2.33. The monoisotopic (exact) mass is 309 g/mol. The fraction of sp³-hybridized carbons (Fsp3) is 0.167. The highest BCUT2D eigenvalue weighted by Gasteiger charge is 2.20. The van der Waals surface area contributed by atoms with Gasteiger partial charge in [-0.15, -0.1) is 0 Å². The Morgan fingerprint density at radius 3 is 2.58 bits per heavy atom. The summed E-state index contributed by atoms with van der Waals surface area (Å²) in [5.74, 6) is -3.66. The first-order valence-corrected chi connectivity index (χ1v) is 5.64. The van der Waals surface area contributed by atoms with E-state index < -0.39 is 35.9 Å². The van der Waals surface area contributed by atoms with Gasteiger partial charge in [-0.1, -0.05) is 23.2 Å². The number of nitrogens with one attached hydrogen (secondary N) is 1. The number of hydrogen-bond acceptors (Lipinski definition) is 2. The van der Waals surface area contributed by atoms with Crippen molar-refractivity contribution in [3.8, 4) is 0 Å². The predicted octanol–water partition coefficient (Wildman–Crippen LogP) is 3.19. The molecule has 1 aromatic heterocycles. The molecule has 0 unspecified atom stereocenters. The van der Waals surface area contributed by atoms with E-state index >= 15 is 0 Å². The topological polar surface area (TPSA) is 90.4 Å². The molecule has 0 amide bonds. The van der Waals surface area contributed by atoms with Crippen LogP contribution in [0.1, 0.15) is 27.9 Å². The maximum absolute atomic E-state index is 11.4. The molecule has 3 N–H and O–H groups in total. The van der Waals surface area contributed by atoms with Crippen LogP contribution in [0.15, 0.2) is 12.1 Å². The Morgan fingerprint density at radius 2 is 2.00 bits per heavy atom. The molecule has 1 aromatic carbocycles. The lowest BCUT2D eigenvalue weighted by Gasteiger charge is -2.01. The number of aromatic nitrogens is 1. The molecule has 0 spiro atoms. The van der Waals surface area contributed by atoms with Gasteiger partial charge >= 0.3 is 11.9 Å². The lowest BCUT2D eigenvalue weighted by Crippen LogP contribution is -2.04. The van der Waals surface area contributed by atoms with E-state index in [9.17, 15) is 14.7 Å². The number of halogens is 2. The Labute approximate surface area is 123 Å². The third-order valence-electron chi connectivity index (χ3n) is 2.32. The van der Waals surface area contributed by atoms with Crippen LogP contribution in [0.25, 0.3) is 10.9 Å². The van der Waals surface area contributed by atoms with Gasteiger partial charge in [0.15, 0.2) is 0 Å². The van der Waals surface area contributed by atoms with Crippen molar-refractivity contribution in [2.24, 2.45) is 0 Å². The summed E-state index contributed by atoms with van der Waals surface area (Å²) in [5, 5.41) is 18.1. The lowest BCUT2D eigenvalue weighted by atomic mass is 10.1. The minimum Gasteiger partial charge on any atom is -0.481 e. The number of rotatable bonds is 4. The van der Waals surface area contributed by atoms with Gasteiger partial charge in [0.2, 0.25) is 0 Å². The minimum absolute atomic E-state index is 0.0555. The Hall–Kier alpha value is -1.72. The first-order chi connectivity index (χ1) is 10.4. The first-order valence-electron chi connectivity index (χ1n) is 6.89. The average molecular weight is 310 g/mol. The quantitative estimate of drug-likeness (QED) is 0.809. The van der Waals surface area contributed by atoms with Crippen molar-refractivity contribution in [1.82, 2.24) is 4.98 Å². The van der Waals surface area contributed by atoms with Gasteiger partial charge in [-0.2, -0.15) is 0 Å². The number of aromatic carboxylic acids is 1. The van der Waals surface area contributed by atoms with Crippen LogP contribution in [0, 0.1) is 0 Å². The number of fused-ring (bicyclic) bond motifs is 1. The van der Waals surface area contributed by atoms with Crippen LogP contribution in [0.4, 0.5) is 0 Å². The summed E-state index contributed by atoms with van der Waals surface area (Å²) in [6.45, 7) is 0. The number of carbonyl (C=O) groups is 2.